The van der Waals surface area contributed by atoms with Crippen LogP contribution in [0.15, 0.2) is 78.9 Å². The smallest absolute Gasteiger partial charge is 0.250 e. The first-order valence-electron chi connectivity index (χ1n) is 9.65. The molecule has 1 spiro atoms. The van der Waals surface area contributed by atoms with Gasteiger partial charge < -0.3 is 5.32 Å². The monoisotopic (exact) mass is 403 g/mol. The zero-order valence-electron chi connectivity index (χ0n) is 15.8. The van der Waals surface area contributed by atoms with Crippen molar-refractivity contribution >= 4 is 11.6 Å². The highest BCUT2D eigenvalue weighted by Crippen LogP contribution is 2.55. The molecule has 0 aromatic heterocycles. The number of fused-ring (bicyclic) bond motifs is 2. The Labute approximate surface area is 171 Å². The second kappa shape index (κ2) is 6.74. The number of rotatable bonds is 3. The number of nitro groups is 1. The summed E-state index contributed by atoms with van der Waals surface area (Å²) in [6, 6.07) is 20.2. The lowest BCUT2D eigenvalue weighted by Gasteiger charge is -2.29. The van der Waals surface area contributed by atoms with Gasteiger partial charge in [0.2, 0.25) is 11.9 Å². The number of halogens is 1. The fraction of sp³-hybridized carbons (Fsp3) is 0.174. The highest BCUT2D eigenvalue weighted by molar-refractivity contribution is 6.07. The largest absolute Gasteiger partial charge is 0.324 e. The van der Waals surface area contributed by atoms with Gasteiger partial charge in [0, 0.05) is 16.2 Å². The Morgan fingerprint density at radius 3 is 2.20 bits per heavy atom. The third kappa shape index (κ3) is 2.55. The van der Waals surface area contributed by atoms with Crippen LogP contribution in [0.3, 0.4) is 0 Å². The van der Waals surface area contributed by atoms with E-state index >= 15 is 0 Å². The van der Waals surface area contributed by atoms with Crippen LogP contribution in [0.1, 0.15) is 28.7 Å². The van der Waals surface area contributed by atoms with E-state index in [1.165, 1.54) is 18.2 Å². The van der Waals surface area contributed by atoms with Crippen LogP contribution in [-0.4, -0.2) is 16.9 Å². The molecule has 0 saturated carbocycles. The van der Waals surface area contributed by atoms with Crippen LogP contribution in [0.5, 0.6) is 0 Å². The molecule has 0 aliphatic carbocycles. The van der Waals surface area contributed by atoms with E-state index < -0.39 is 35.3 Å². The molecule has 3 aromatic carbocycles. The first-order valence-corrected chi connectivity index (χ1v) is 9.65. The van der Waals surface area contributed by atoms with Crippen LogP contribution >= 0.6 is 0 Å². The van der Waals surface area contributed by atoms with Crippen LogP contribution in [0.2, 0.25) is 0 Å². The van der Waals surface area contributed by atoms with Gasteiger partial charge in [0.05, 0.1) is 5.92 Å². The van der Waals surface area contributed by atoms with Crippen molar-refractivity contribution in [2.24, 2.45) is 0 Å². The van der Waals surface area contributed by atoms with Crippen molar-refractivity contribution in [3.05, 3.63) is 111 Å². The fourth-order valence-corrected chi connectivity index (χ4v) is 4.91. The molecule has 1 saturated heterocycles. The van der Waals surface area contributed by atoms with Crippen molar-refractivity contribution < 1.29 is 14.1 Å². The zero-order valence-corrected chi connectivity index (χ0v) is 15.8. The summed E-state index contributed by atoms with van der Waals surface area (Å²) < 4.78 is 14.2. The minimum Gasteiger partial charge on any atom is -0.324 e. The Bertz CT molecular complexity index is 1140. The molecule has 0 radical (unpaired) electrons. The van der Waals surface area contributed by atoms with E-state index in [9.17, 15) is 19.3 Å². The Balaban J connectivity index is 1.79. The van der Waals surface area contributed by atoms with Crippen molar-refractivity contribution in [1.82, 2.24) is 5.32 Å². The van der Waals surface area contributed by atoms with Gasteiger partial charge in [-0.05, 0) is 29.3 Å². The summed E-state index contributed by atoms with van der Waals surface area (Å²) >= 11 is 0. The Hall–Kier alpha value is -3.58. The Kier molecular flexibility index (Phi) is 4.15. The molecule has 2 aliphatic heterocycles. The van der Waals surface area contributed by atoms with Crippen LogP contribution in [-0.2, 0) is 10.3 Å². The van der Waals surface area contributed by atoms with Crippen LogP contribution in [0, 0.1) is 15.9 Å². The van der Waals surface area contributed by atoms with E-state index in [0.717, 1.165) is 0 Å². The van der Waals surface area contributed by atoms with E-state index in [-0.39, 0.29) is 4.92 Å². The number of nitrogens with zero attached hydrogens (tertiary/aromatic N) is 1. The third-order valence-electron chi connectivity index (χ3n) is 6.11. The maximum Gasteiger partial charge on any atom is 0.250 e. The number of hydrogen-bond donors (Lipinski definition) is 2. The topological polar surface area (TPSA) is 84.3 Å². The predicted octanol–water partition coefficient (Wildman–Crippen LogP) is 3.75. The molecule has 30 heavy (non-hydrogen) atoms. The number of amides is 1. The Morgan fingerprint density at radius 1 is 0.933 bits per heavy atom. The minimum absolute atomic E-state index is 0.332. The van der Waals surface area contributed by atoms with Crippen molar-refractivity contribution in [1.29, 1.82) is 0 Å². The standard InChI is InChI=1S/C23H18FN3O3/c24-16-11-12-18-17(13-16)23(22(28)25-18)19(14-7-3-1-4-8-14)21(27(29)30)20(26-23)15-9-5-2-6-10-15/h1-13,19-21,26H,(H,25,28)/t19-,20+,21-,23+/m1/s1. The lowest BCUT2D eigenvalue weighted by atomic mass is 9.74. The summed E-state index contributed by atoms with van der Waals surface area (Å²) in [5.74, 6) is -1.75. The molecule has 1 fully saturated rings. The number of nitrogens with one attached hydrogen (secondary N) is 2. The molecular formula is C23H18FN3O3. The average Bonchev–Trinajstić information content (AvgIpc) is 3.26. The summed E-state index contributed by atoms with van der Waals surface area (Å²) in [6.45, 7) is 0. The van der Waals surface area contributed by atoms with Crippen LogP contribution in [0.25, 0.3) is 0 Å². The van der Waals surface area contributed by atoms with E-state index in [4.69, 9.17) is 0 Å². The van der Waals surface area contributed by atoms with Crippen molar-refractivity contribution in [2.45, 2.75) is 23.5 Å². The van der Waals surface area contributed by atoms with Gasteiger partial charge in [-0.25, -0.2) is 4.39 Å². The molecule has 1 amide bonds. The summed E-state index contributed by atoms with van der Waals surface area (Å²) in [6.07, 6.45) is 0. The van der Waals surface area contributed by atoms with Gasteiger partial charge in [-0.1, -0.05) is 60.7 Å². The van der Waals surface area contributed by atoms with Gasteiger partial charge in [0.15, 0.2) is 0 Å². The molecule has 2 aliphatic rings. The quantitative estimate of drug-likeness (QED) is 0.515. The highest BCUT2D eigenvalue weighted by Gasteiger charge is 2.66. The average molecular weight is 403 g/mol. The van der Waals surface area contributed by atoms with Gasteiger partial charge in [-0.15, -0.1) is 0 Å². The van der Waals surface area contributed by atoms with E-state index in [2.05, 4.69) is 10.6 Å². The van der Waals surface area contributed by atoms with Crippen LogP contribution < -0.4 is 10.6 Å². The van der Waals surface area contributed by atoms with Crippen molar-refractivity contribution in [3.8, 4) is 0 Å². The molecule has 6 nitrogen and oxygen atoms in total. The fourth-order valence-electron chi connectivity index (χ4n) is 4.91. The van der Waals surface area contributed by atoms with Gasteiger partial charge in [-0.2, -0.15) is 0 Å². The summed E-state index contributed by atoms with van der Waals surface area (Å²) in [7, 11) is 0. The first-order chi connectivity index (χ1) is 14.5. The zero-order chi connectivity index (χ0) is 20.9. The molecule has 4 atom stereocenters. The molecule has 150 valence electrons. The molecule has 2 heterocycles. The van der Waals surface area contributed by atoms with Crippen molar-refractivity contribution in [2.75, 3.05) is 5.32 Å². The Morgan fingerprint density at radius 2 is 1.57 bits per heavy atom. The molecule has 5 rings (SSSR count). The second-order valence-corrected chi connectivity index (χ2v) is 7.65. The summed E-state index contributed by atoms with van der Waals surface area (Å²) in [5.41, 5.74) is 0.751. The third-order valence-corrected chi connectivity index (χ3v) is 6.11. The highest BCUT2D eigenvalue weighted by atomic mass is 19.1. The summed E-state index contributed by atoms with van der Waals surface area (Å²) in [4.78, 5) is 25.4. The molecule has 7 heteroatoms. The van der Waals surface area contributed by atoms with E-state index in [1.807, 2.05) is 12.1 Å². The van der Waals surface area contributed by atoms with E-state index in [1.54, 1.807) is 48.5 Å². The number of hydrogen-bond acceptors (Lipinski definition) is 4. The lowest BCUT2D eigenvalue weighted by Crippen LogP contribution is -2.48. The number of anilines is 1. The van der Waals surface area contributed by atoms with Gasteiger partial charge in [0.1, 0.15) is 17.4 Å². The number of carbonyl (C=O) groups excluding carboxylic acids is 1. The second-order valence-electron chi connectivity index (χ2n) is 7.65. The molecule has 2 N–H and O–H groups in total. The minimum atomic E-state index is -1.46. The van der Waals surface area contributed by atoms with Gasteiger partial charge in [-0.3, -0.25) is 20.2 Å². The normalized spacial score (nSPS) is 27.1. The first kappa shape index (κ1) is 18.4. The molecule has 0 bridgehead atoms. The molecule has 3 aromatic rings. The van der Waals surface area contributed by atoms with E-state index in [0.29, 0.717) is 22.4 Å². The lowest BCUT2D eigenvalue weighted by molar-refractivity contribution is -0.527. The predicted molar refractivity (Wildman–Crippen MR) is 109 cm³/mol. The summed E-state index contributed by atoms with van der Waals surface area (Å²) in [5, 5.41) is 18.4. The molecular weight excluding hydrogens is 385 g/mol. The van der Waals surface area contributed by atoms with Gasteiger partial charge >= 0.3 is 0 Å². The number of carbonyl (C=O) groups is 1. The van der Waals surface area contributed by atoms with Crippen LogP contribution in [0.4, 0.5) is 10.1 Å². The molecule has 0 unspecified atom stereocenters. The van der Waals surface area contributed by atoms with Crippen molar-refractivity contribution in [3.63, 3.8) is 0 Å². The SMILES string of the molecule is O=C1Nc2ccc(F)cc2[C@@]12N[C@@H](c1ccccc1)[C@H]([N+](=O)[O-])[C@H]2c1ccccc1. The maximum atomic E-state index is 14.2. The number of benzene rings is 3. The maximum absolute atomic E-state index is 14.2. The van der Waals surface area contributed by atoms with Gasteiger partial charge in [0.25, 0.3) is 0 Å².